The summed E-state index contributed by atoms with van der Waals surface area (Å²) >= 11 is 0. The topological polar surface area (TPSA) is 83.6 Å². The fraction of sp³-hybridized carbons (Fsp3) is 0.385. The van der Waals surface area contributed by atoms with Crippen LogP contribution >= 0.6 is 0 Å². The van der Waals surface area contributed by atoms with E-state index in [-0.39, 0.29) is 12.1 Å². The number of hydrogen-bond acceptors (Lipinski definition) is 3. The first kappa shape index (κ1) is 13.5. The molecule has 1 atom stereocenters. The van der Waals surface area contributed by atoms with E-state index in [1.165, 1.54) is 18.2 Å². The quantitative estimate of drug-likeness (QED) is 0.845. The summed E-state index contributed by atoms with van der Waals surface area (Å²) in [6.07, 6.45) is 0.562. The Morgan fingerprint density at radius 2 is 2.21 bits per heavy atom. The zero-order valence-electron chi connectivity index (χ0n) is 10.3. The highest BCUT2D eigenvalue weighted by molar-refractivity contribution is 5.92. The van der Waals surface area contributed by atoms with E-state index in [1.807, 2.05) is 4.90 Å². The SMILES string of the molecule is NC(=O)c1ccc(F)c(CN2CCC(C(=O)O)C2)c1. The molecule has 0 aromatic heterocycles. The van der Waals surface area contributed by atoms with Crippen LogP contribution in [0.1, 0.15) is 22.3 Å². The van der Waals surface area contributed by atoms with Gasteiger partial charge in [0.25, 0.3) is 0 Å². The summed E-state index contributed by atoms with van der Waals surface area (Å²) in [5.41, 5.74) is 5.77. The van der Waals surface area contributed by atoms with Gasteiger partial charge in [-0.05, 0) is 31.2 Å². The first-order valence-corrected chi connectivity index (χ1v) is 6.00. The van der Waals surface area contributed by atoms with Gasteiger partial charge in [0.1, 0.15) is 5.82 Å². The van der Waals surface area contributed by atoms with Gasteiger partial charge < -0.3 is 10.8 Å². The molecule has 1 aromatic carbocycles. The molecule has 19 heavy (non-hydrogen) atoms. The Hall–Kier alpha value is -1.95. The number of nitrogens with zero attached hydrogens (tertiary/aromatic N) is 1. The van der Waals surface area contributed by atoms with Crippen molar-refractivity contribution in [2.75, 3.05) is 13.1 Å². The van der Waals surface area contributed by atoms with Gasteiger partial charge in [-0.2, -0.15) is 0 Å². The van der Waals surface area contributed by atoms with Crippen LogP contribution in [0.15, 0.2) is 18.2 Å². The lowest BCUT2D eigenvalue weighted by Crippen LogP contribution is -2.23. The van der Waals surface area contributed by atoms with Crippen molar-refractivity contribution in [1.82, 2.24) is 4.90 Å². The van der Waals surface area contributed by atoms with Gasteiger partial charge in [-0.3, -0.25) is 14.5 Å². The van der Waals surface area contributed by atoms with Crippen molar-refractivity contribution >= 4 is 11.9 Å². The Morgan fingerprint density at radius 3 is 2.79 bits per heavy atom. The monoisotopic (exact) mass is 266 g/mol. The number of nitrogens with two attached hydrogens (primary N) is 1. The van der Waals surface area contributed by atoms with Crippen LogP contribution < -0.4 is 5.73 Å². The molecule has 0 radical (unpaired) electrons. The van der Waals surface area contributed by atoms with Gasteiger partial charge in [-0.15, -0.1) is 0 Å². The van der Waals surface area contributed by atoms with E-state index in [0.717, 1.165) is 0 Å². The number of halogens is 1. The number of carbonyl (C=O) groups excluding carboxylic acids is 1. The summed E-state index contributed by atoms with van der Waals surface area (Å²) in [5.74, 6) is -2.24. The lowest BCUT2D eigenvalue weighted by atomic mass is 10.1. The lowest BCUT2D eigenvalue weighted by Gasteiger charge is -2.16. The fourth-order valence-corrected chi connectivity index (χ4v) is 2.27. The highest BCUT2D eigenvalue weighted by Gasteiger charge is 2.28. The number of carboxylic acids is 1. The largest absolute Gasteiger partial charge is 0.481 e. The number of aliphatic carboxylic acids is 1. The maximum Gasteiger partial charge on any atom is 0.307 e. The molecule has 0 saturated carbocycles. The van der Waals surface area contributed by atoms with Gasteiger partial charge in [-0.25, -0.2) is 4.39 Å². The molecule has 0 bridgehead atoms. The second-order valence-corrected chi connectivity index (χ2v) is 4.73. The molecule has 1 aromatic rings. The van der Waals surface area contributed by atoms with Crippen molar-refractivity contribution in [3.8, 4) is 0 Å². The summed E-state index contributed by atoms with van der Waals surface area (Å²) in [6, 6.07) is 3.97. The molecule has 0 spiro atoms. The summed E-state index contributed by atoms with van der Waals surface area (Å²) < 4.78 is 13.6. The molecule has 6 heteroatoms. The maximum absolute atomic E-state index is 13.6. The standard InChI is InChI=1S/C13H15FN2O3/c14-11-2-1-8(12(15)17)5-10(11)7-16-4-3-9(6-16)13(18)19/h1-2,5,9H,3-4,6-7H2,(H2,15,17)(H,18,19). The summed E-state index contributed by atoms with van der Waals surface area (Å²) in [6.45, 7) is 1.30. The predicted molar refractivity (Wildman–Crippen MR) is 65.9 cm³/mol. The van der Waals surface area contributed by atoms with Gasteiger partial charge in [0.05, 0.1) is 5.92 Å². The van der Waals surface area contributed by atoms with E-state index >= 15 is 0 Å². The highest BCUT2D eigenvalue weighted by atomic mass is 19.1. The van der Waals surface area contributed by atoms with Crippen molar-refractivity contribution in [2.45, 2.75) is 13.0 Å². The lowest BCUT2D eigenvalue weighted by molar-refractivity contribution is -0.141. The molecule has 102 valence electrons. The number of amides is 1. The maximum atomic E-state index is 13.6. The molecule has 1 saturated heterocycles. The van der Waals surface area contributed by atoms with Gasteiger partial charge >= 0.3 is 5.97 Å². The summed E-state index contributed by atoms with van der Waals surface area (Å²) in [7, 11) is 0. The third-order valence-electron chi connectivity index (χ3n) is 3.35. The van der Waals surface area contributed by atoms with Gasteiger partial charge in [0.15, 0.2) is 0 Å². The summed E-state index contributed by atoms with van der Waals surface area (Å²) in [5, 5.41) is 8.91. The summed E-state index contributed by atoms with van der Waals surface area (Å²) in [4.78, 5) is 23.8. The van der Waals surface area contributed by atoms with Crippen LogP contribution in [0.2, 0.25) is 0 Å². The van der Waals surface area contributed by atoms with E-state index in [0.29, 0.717) is 25.1 Å². The van der Waals surface area contributed by atoms with Crippen molar-refractivity contribution in [3.63, 3.8) is 0 Å². The number of hydrogen-bond donors (Lipinski definition) is 2. The van der Waals surface area contributed by atoms with Crippen LogP contribution in [0, 0.1) is 11.7 Å². The first-order chi connectivity index (χ1) is 8.97. The highest BCUT2D eigenvalue weighted by Crippen LogP contribution is 2.20. The number of rotatable bonds is 4. The average molecular weight is 266 g/mol. The first-order valence-electron chi connectivity index (χ1n) is 6.00. The van der Waals surface area contributed by atoms with Crippen LogP contribution in [-0.4, -0.2) is 35.0 Å². The Bertz CT molecular complexity index is 519. The van der Waals surface area contributed by atoms with E-state index in [1.54, 1.807) is 0 Å². The molecule has 1 aliphatic heterocycles. The fourth-order valence-electron chi connectivity index (χ4n) is 2.27. The molecular weight excluding hydrogens is 251 g/mol. The van der Waals surface area contributed by atoms with Crippen LogP contribution in [0.4, 0.5) is 4.39 Å². The smallest absolute Gasteiger partial charge is 0.307 e. The Morgan fingerprint density at radius 1 is 1.47 bits per heavy atom. The van der Waals surface area contributed by atoms with Gasteiger partial charge in [0, 0.05) is 24.2 Å². The number of primary amides is 1. The molecule has 5 nitrogen and oxygen atoms in total. The third kappa shape index (κ3) is 3.08. The molecule has 1 fully saturated rings. The van der Waals surface area contributed by atoms with Crippen LogP contribution in [-0.2, 0) is 11.3 Å². The molecule has 2 rings (SSSR count). The molecule has 1 aliphatic rings. The Kier molecular flexibility index (Phi) is 3.80. The van der Waals surface area contributed by atoms with Gasteiger partial charge in [-0.1, -0.05) is 0 Å². The zero-order chi connectivity index (χ0) is 14.0. The van der Waals surface area contributed by atoms with Crippen molar-refractivity contribution < 1.29 is 19.1 Å². The molecule has 3 N–H and O–H groups in total. The van der Waals surface area contributed by atoms with Crippen molar-refractivity contribution in [1.29, 1.82) is 0 Å². The zero-order valence-corrected chi connectivity index (χ0v) is 10.3. The van der Waals surface area contributed by atoms with Gasteiger partial charge in [0.2, 0.25) is 5.91 Å². The average Bonchev–Trinajstić information content (AvgIpc) is 2.80. The van der Waals surface area contributed by atoms with E-state index in [2.05, 4.69) is 0 Å². The van der Waals surface area contributed by atoms with E-state index in [4.69, 9.17) is 10.8 Å². The van der Waals surface area contributed by atoms with E-state index in [9.17, 15) is 14.0 Å². The van der Waals surface area contributed by atoms with Crippen molar-refractivity contribution in [3.05, 3.63) is 35.1 Å². The molecule has 1 unspecified atom stereocenters. The Balaban J connectivity index is 2.09. The minimum absolute atomic E-state index is 0.255. The number of benzene rings is 1. The second kappa shape index (κ2) is 5.36. The van der Waals surface area contributed by atoms with Crippen LogP contribution in [0.25, 0.3) is 0 Å². The Labute approximate surface area is 109 Å². The van der Waals surface area contributed by atoms with Crippen LogP contribution in [0.3, 0.4) is 0 Å². The number of carboxylic acid groups (broad SMARTS) is 1. The minimum Gasteiger partial charge on any atom is -0.481 e. The molecule has 1 heterocycles. The van der Waals surface area contributed by atoms with Crippen molar-refractivity contribution in [2.24, 2.45) is 11.7 Å². The van der Waals surface area contributed by atoms with E-state index < -0.39 is 23.6 Å². The molecular formula is C13H15FN2O3. The third-order valence-corrected chi connectivity index (χ3v) is 3.35. The van der Waals surface area contributed by atoms with Crippen LogP contribution in [0.5, 0.6) is 0 Å². The predicted octanol–water partition coefficient (Wildman–Crippen LogP) is 0.831. The second-order valence-electron chi connectivity index (χ2n) is 4.73. The molecule has 1 amide bonds. The minimum atomic E-state index is -0.825. The number of likely N-dealkylation sites (tertiary alicyclic amines) is 1. The molecule has 0 aliphatic carbocycles. The number of carbonyl (C=O) groups is 2. The normalized spacial score (nSPS) is 19.5.